The van der Waals surface area contributed by atoms with Crippen LogP contribution in [-0.4, -0.2) is 30.2 Å². The zero-order valence-corrected chi connectivity index (χ0v) is 8.82. The maximum Gasteiger partial charge on any atom is 0.174 e. The normalized spacial score (nSPS) is 41.3. The minimum atomic E-state index is -0.675. The van der Waals surface area contributed by atoms with Gasteiger partial charge in [-0.3, -0.25) is 0 Å². The number of hydrogen-bond acceptors (Lipinski definition) is 4. The summed E-state index contributed by atoms with van der Waals surface area (Å²) in [6, 6.07) is 2.18. The van der Waals surface area contributed by atoms with Gasteiger partial charge in [0, 0.05) is 18.8 Å². The van der Waals surface area contributed by atoms with Gasteiger partial charge in [0.1, 0.15) is 0 Å². The summed E-state index contributed by atoms with van der Waals surface area (Å²) in [4.78, 5) is 0. The maximum absolute atomic E-state index is 9.67. The number of hydrogen-bond donors (Lipinski definition) is 1. The molecule has 3 atom stereocenters. The van der Waals surface area contributed by atoms with Crippen LogP contribution < -0.4 is 0 Å². The van der Waals surface area contributed by atoms with E-state index < -0.39 is 5.79 Å². The lowest BCUT2D eigenvalue weighted by molar-refractivity contribution is -0.312. The Morgan fingerprint density at radius 3 is 2.87 bits per heavy atom. The second-order valence-corrected chi connectivity index (χ2v) is 4.36. The van der Waals surface area contributed by atoms with Gasteiger partial charge in [0.15, 0.2) is 5.79 Å². The zero-order valence-electron chi connectivity index (χ0n) is 8.82. The Morgan fingerprint density at radius 2 is 2.13 bits per heavy atom. The molecular formula is C11H17NO3. The average molecular weight is 211 g/mol. The van der Waals surface area contributed by atoms with Crippen molar-refractivity contribution >= 4 is 0 Å². The van der Waals surface area contributed by atoms with E-state index in [0.29, 0.717) is 32.5 Å². The lowest BCUT2D eigenvalue weighted by Crippen LogP contribution is -2.52. The fraction of sp³-hybridized carbons (Fsp3) is 0.909. The van der Waals surface area contributed by atoms with Gasteiger partial charge in [0.25, 0.3) is 0 Å². The fourth-order valence-corrected chi connectivity index (χ4v) is 2.52. The summed E-state index contributed by atoms with van der Waals surface area (Å²) in [5, 5.41) is 18.4. The highest BCUT2D eigenvalue weighted by Gasteiger charge is 2.46. The van der Waals surface area contributed by atoms with Crippen molar-refractivity contribution in [2.24, 2.45) is 5.92 Å². The predicted octanol–water partition coefficient (Wildman–Crippen LogP) is 1.19. The van der Waals surface area contributed by atoms with Crippen molar-refractivity contribution in [1.82, 2.24) is 0 Å². The van der Waals surface area contributed by atoms with E-state index in [1.54, 1.807) is 0 Å². The third kappa shape index (κ3) is 2.15. The molecule has 15 heavy (non-hydrogen) atoms. The maximum atomic E-state index is 9.67. The van der Waals surface area contributed by atoms with Crippen molar-refractivity contribution in [3.8, 4) is 6.07 Å². The number of nitrogens with zero attached hydrogens (tertiary/aromatic N) is 1. The monoisotopic (exact) mass is 211 g/mol. The van der Waals surface area contributed by atoms with Crippen LogP contribution in [0.25, 0.3) is 0 Å². The summed E-state index contributed by atoms with van der Waals surface area (Å²) in [5.41, 5.74) is 0. The SMILES string of the molecule is N#CCC1CCCOC12CC(O)CCO2. The number of rotatable bonds is 1. The molecule has 0 amide bonds. The van der Waals surface area contributed by atoms with Crippen LogP contribution >= 0.6 is 0 Å². The van der Waals surface area contributed by atoms with Crippen LogP contribution in [0, 0.1) is 17.2 Å². The summed E-state index contributed by atoms with van der Waals surface area (Å²) in [6.45, 7) is 1.21. The Bertz CT molecular complexity index is 259. The summed E-state index contributed by atoms with van der Waals surface area (Å²) < 4.78 is 11.4. The average Bonchev–Trinajstić information content (AvgIpc) is 2.22. The van der Waals surface area contributed by atoms with Gasteiger partial charge in [-0.15, -0.1) is 0 Å². The molecular weight excluding hydrogens is 194 g/mol. The molecule has 2 aliphatic rings. The summed E-state index contributed by atoms with van der Waals surface area (Å²) in [6.07, 6.45) is 3.22. The fourth-order valence-electron chi connectivity index (χ4n) is 2.52. The zero-order chi connectivity index (χ0) is 10.7. The molecule has 2 saturated heterocycles. The van der Waals surface area contributed by atoms with Gasteiger partial charge in [-0.05, 0) is 19.3 Å². The number of ether oxygens (including phenoxy) is 2. The quantitative estimate of drug-likeness (QED) is 0.707. The lowest BCUT2D eigenvalue weighted by Gasteiger charge is -2.46. The van der Waals surface area contributed by atoms with Gasteiger partial charge in [-0.25, -0.2) is 0 Å². The van der Waals surface area contributed by atoms with E-state index >= 15 is 0 Å². The van der Waals surface area contributed by atoms with Crippen molar-refractivity contribution < 1.29 is 14.6 Å². The van der Waals surface area contributed by atoms with Crippen LogP contribution in [0.2, 0.25) is 0 Å². The van der Waals surface area contributed by atoms with Crippen molar-refractivity contribution in [2.75, 3.05) is 13.2 Å². The first-order chi connectivity index (χ1) is 7.27. The minimum absolute atomic E-state index is 0.117. The first kappa shape index (κ1) is 10.9. The second kappa shape index (κ2) is 4.48. The molecule has 0 aromatic rings. The van der Waals surface area contributed by atoms with Crippen LogP contribution in [0.5, 0.6) is 0 Å². The van der Waals surface area contributed by atoms with Gasteiger partial charge in [-0.1, -0.05) is 0 Å². The molecule has 1 N–H and O–H groups in total. The number of nitriles is 1. The summed E-state index contributed by atoms with van der Waals surface area (Å²) >= 11 is 0. The van der Waals surface area contributed by atoms with Crippen LogP contribution in [0.15, 0.2) is 0 Å². The first-order valence-corrected chi connectivity index (χ1v) is 5.60. The van der Waals surface area contributed by atoms with Crippen molar-refractivity contribution in [2.45, 2.75) is 44.0 Å². The van der Waals surface area contributed by atoms with E-state index in [-0.39, 0.29) is 12.0 Å². The Labute approximate surface area is 89.8 Å². The third-order valence-electron chi connectivity index (χ3n) is 3.32. The molecule has 1 spiro atoms. The highest BCUT2D eigenvalue weighted by atomic mass is 16.7. The van der Waals surface area contributed by atoms with Gasteiger partial charge in [0.05, 0.1) is 25.4 Å². The Balaban J connectivity index is 2.10. The highest BCUT2D eigenvalue weighted by Crippen LogP contribution is 2.40. The highest BCUT2D eigenvalue weighted by molar-refractivity contribution is 4.92. The smallest absolute Gasteiger partial charge is 0.174 e. The molecule has 0 aromatic carbocycles. The molecule has 84 valence electrons. The molecule has 0 aromatic heterocycles. The van der Waals surface area contributed by atoms with Crippen LogP contribution in [0.3, 0.4) is 0 Å². The van der Waals surface area contributed by atoms with E-state index in [0.717, 1.165) is 12.8 Å². The largest absolute Gasteiger partial charge is 0.393 e. The Morgan fingerprint density at radius 1 is 1.33 bits per heavy atom. The predicted molar refractivity (Wildman–Crippen MR) is 52.8 cm³/mol. The molecule has 3 unspecified atom stereocenters. The molecule has 0 saturated carbocycles. The van der Waals surface area contributed by atoms with E-state index in [1.807, 2.05) is 0 Å². The van der Waals surface area contributed by atoms with Crippen molar-refractivity contribution in [1.29, 1.82) is 5.26 Å². The van der Waals surface area contributed by atoms with E-state index in [4.69, 9.17) is 14.7 Å². The molecule has 2 heterocycles. The van der Waals surface area contributed by atoms with Crippen LogP contribution in [0.4, 0.5) is 0 Å². The van der Waals surface area contributed by atoms with Crippen LogP contribution in [0.1, 0.15) is 32.1 Å². The standard InChI is InChI=1S/C11H17NO3/c12-5-3-9-2-1-6-14-11(9)8-10(13)4-7-15-11/h9-10,13H,1-4,6-8H2. The van der Waals surface area contributed by atoms with E-state index in [9.17, 15) is 5.11 Å². The molecule has 0 aliphatic carbocycles. The topological polar surface area (TPSA) is 62.5 Å². The van der Waals surface area contributed by atoms with E-state index in [1.165, 1.54) is 0 Å². The lowest BCUT2D eigenvalue weighted by atomic mass is 9.83. The first-order valence-electron chi connectivity index (χ1n) is 5.60. The number of aliphatic hydroxyl groups is 1. The molecule has 4 nitrogen and oxygen atoms in total. The molecule has 2 fully saturated rings. The van der Waals surface area contributed by atoms with Gasteiger partial charge in [0.2, 0.25) is 0 Å². The van der Waals surface area contributed by atoms with Gasteiger partial charge in [-0.2, -0.15) is 5.26 Å². The number of aliphatic hydroxyl groups excluding tert-OH is 1. The Kier molecular flexibility index (Phi) is 3.25. The minimum Gasteiger partial charge on any atom is -0.393 e. The van der Waals surface area contributed by atoms with Crippen LogP contribution in [-0.2, 0) is 9.47 Å². The van der Waals surface area contributed by atoms with Gasteiger partial charge < -0.3 is 14.6 Å². The van der Waals surface area contributed by atoms with E-state index in [2.05, 4.69) is 6.07 Å². The molecule has 4 heteroatoms. The molecule has 0 radical (unpaired) electrons. The third-order valence-corrected chi connectivity index (χ3v) is 3.32. The van der Waals surface area contributed by atoms with Gasteiger partial charge >= 0.3 is 0 Å². The molecule has 0 bridgehead atoms. The summed E-state index contributed by atoms with van der Waals surface area (Å²) in [7, 11) is 0. The van der Waals surface area contributed by atoms with Crippen molar-refractivity contribution in [3.05, 3.63) is 0 Å². The second-order valence-electron chi connectivity index (χ2n) is 4.36. The molecule has 2 rings (SSSR count). The Hall–Kier alpha value is -0.630. The summed E-state index contributed by atoms with van der Waals surface area (Å²) in [5.74, 6) is -0.558. The van der Waals surface area contributed by atoms with Crippen molar-refractivity contribution in [3.63, 3.8) is 0 Å². The molecule has 2 aliphatic heterocycles.